The summed E-state index contributed by atoms with van der Waals surface area (Å²) >= 11 is 0. The molecule has 0 aliphatic heterocycles. The van der Waals surface area contributed by atoms with Crippen molar-refractivity contribution in [2.24, 2.45) is 0 Å². The molecule has 0 spiro atoms. The van der Waals surface area contributed by atoms with Crippen LogP contribution >= 0.6 is 0 Å². The minimum Gasteiger partial charge on any atom is -0.462 e. The molecular formula is C20H22FNO5. The van der Waals surface area contributed by atoms with Crippen LogP contribution in [-0.2, 0) is 9.47 Å². The van der Waals surface area contributed by atoms with Crippen LogP contribution < -0.4 is 0 Å². The van der Waals surface area contributed by atoms with Gasteiger partial charge in [-0.3, -0.25) is 4.79 Å². The fraction of sp³-hybridized carbons (Fsp3) is 0.350. The number of carbonyl (C=O) groups excluding carboxylic acids is 3. The number of carbonyl (C=O) groups is 3. The molecule has 7 heteroatoms. The highest BCUT2D eigenvalue weighted by atomic mass is 19.1. The maximum absolute atomic E-state index is 13.6. The number of Topliss-reactive ketones (excluding diaryl/α,β-unsaturated/α-hetero) is 1. The third-order valence-corrected chi connectivity index (χ3v) is 4.22. The van der Waals surface area contributed by atoms with Crippen LogP contribution in [0.1, 0.15) is 61.9 Å². The smallest absolute Gasteiger partial charge is 0.340 e. The van der Waals surface area contributed by atoms with Crippen molar-refractivity contribution in [2.75, 3.05) is 6.61 Å². The Bertz CT molecular complexity index is 900. The summed E-state index contributed by atoms with van der Waals surface area (Å²) in [4.78, 5) is 39.7. The molecule has 6 nitrogen and oxygen atoms in total. The summed E-state index contributed by atoms with van der Waals surface area (Å²) in [6.07, 6.45) is -1.12. The maximum atomic E-state index is 13.6. The van der Waals surface area contributed by atoms with E-state index < -0.39 is 29.6 Å². The maximum Gasteiger partial charge on any atom is 0.340 e. The number of ketones is 1. The lowest BCUT2D eigenvalue weighted by Gasteiger charge is -2.12. The second kappa shape index (κ2) is 8.16. The fourth-order valence-corrected chi connectivity index (χ4v) is 2.71. The highest BCUT2D eigenvalue weighted by Crippen LogP contribution is 2.21. The van der Waals surface area contributed by atoms with Crippen molar-refractivity contribution in [3.8, 4) is 0 Å². The Kier molecular flexibility index (Phi) is 6.15. The molecule has 0 radical (unpaired) electrons. The summed E-state index contributed by atoms with van der Waals surface area (Å²) in [7, 11) is 0. The van der Waals surface area contributed by atoms with E-state index in [0.29, 0.717) is 22.4 Å². The highest BCUT2D eigenvalue weighted by molar-refractivity contribution is 6.04. The summed E-state index contributed by atoms with van der Waals surface area (Å²) < 4.78 is 23.8. The third kappa shape index (κ3) is 4.24. The van der Waals surface area contributed by atoms with E-state index in [-0.39, 0.29) is 17.9 Å². The standard InChI is InChI=1S/C20H22FNO5/c1-6-26-20(25)16-11(3)17(22-12(16)4)18(23)13(5)27-19(24)14-8-7-10(2)15(21)9-14/h7-9,13,22H,6H2,1-5H3/t13-/m1/s1. The van der Waals surface area contributed by atoms with Crippen LogP contribution in [-0.4, -0.2) is 35.4 Å². The number of aryl methyl sites for hydroxylation is 2. The number of aromatic amines is 1. The number of benzene rings is 1. The van der Waals surface area contributed by atoms with E-state index in [4.69, 9.17) is 9.47 Å². The minimum atomic E-state index is -1.12. The van der Waals surface area contributed by atoms with Crippen molar-refractivity contribution in [1.29, 1.82) is 0 Å². The Morgan fingerprint density at radius 1 is 1.15 bits per heavy atom. The van der Waals surface area contributed by atoms with Crippen LogP contribution in [0.25, 0.3) is 0 Å². The molecule has 27 heavy (non-hydrogen) atoms. The van der Waals surface area contributed by atoms with Gasteiger partial charge in [-0.15, -0.1) is 0 Å². The van der Waals surface area contributed by atoms with Gasteiger partial charge in [0.05, 0.1) is 23.4 Å². The van der Waals surface area contributed by atoms with Gasteiger partial charge in [-0.05, 0) is 57.9 Å². The summed E-state index contributed by atoms with van der Waals surface area (Å²) in [6, 6.07) is 3.96. The molecule has 1 N–H and O–H groups in total. The van der Waals surface area contributed by atoms with E-state index in [2.05, 4.69) is 4.98 Å². The first-order chi connectivity index (χ1) is 12.7. The first kappa shape index (κ1) is 20.4. The lowest BCUT2D eigenvalue weighted by atomic mass is 10.1. The number of ether oxygens (including phenoxy) is 2. The molecule has 0 aliphatic carbocycles. The van der Waals surface area contributed by atoms with Crippen LogP contribution in [0.5, 0.6) is 0 Å². The lowest BCUT2D eigenvalue weighted by molar-refractivity contribution is 0.0316. The van der Waals surface area contributed by atoms with Crippen molar-refractivity contribution in [3.63, 3.8) is 0 Å². The average molecular weight is 375 g/mol. The largest absolute Gasteiger partial charge is 0.462 e. The number of hydrogen-bond donors (Lipinski definition) is 1. The quantitative estimate of drug-likeness (QED) is 0.615. The zero-order valence-electron chi connectivity index (χ0n) is 15.9. The molecule has 2 rings (SSSR count). The first-order valence-corrected chi connectivity index (χ1v) is 8.55. The Balaban J connectivity index is 2.20. The van der Waals surface area contributed by atoms with Gasteiger partial charge >= 0.3 is 11.9 Å². The van der Waals surface area contributed by atoms with Crippen molar-refractivity contribution in [2.45, 2.75) is 40.7 Å². The second-order valence-electron chi connectivity index (χ2n) is 6.22. The van der Waals surface area contributed by atoms with E-state index in [1.807, 2.05) is 0 Å². The van der Waals surface area contributed by atoms with Crippen molar-refractivity contribution >= 4 is 17.7 Å². The van der Waals surface area contributed by atoms with E-state index in [9.17, 15) is 18.8 Å². The van der Waals surface area contributed by atoms with Crippen LogP contribution in [0.15, 0.2) is 18.2 Å². The van der Waals surface area contributed by atoms with E-state index in [1.54, 1.807) is 27.7 Å². The van der Waals surface area contributed by atoms with Crippen molar-refractivity contribution < 1.29 is 28.2 Å². The van der Waals surface area contributed by atoms with Gasteiger partial charge in [0.1, 0.15) is 5.82 Å². The predicted octanol–water partition coefficient (Wildman–Crippen LogP) is 3.68. The summed E-state index contributed by atoms with van der Waals surface area (Å²) in [5, 5.41) is 0. The molecule has 0 amide bonds. The van der Waals surface area contributed by atoms with Gasteiger partial charge < -0.3 is 14.5 Å². The monoisotopic (exact) mass is 375 g/mol. The Labute approximate surface area is 156 Å². The molecule has 2 aromatic rings. The molecule has 0 saturated heterocycles. The highest BCUT2D eigenvalue weighted by Gasteiger charge is 2.27. The number of esters is 2. The van der Waals surface area contributed by atoms with Gasteiger partial charge in [-0.2, -0.15) is 0 Å². The summed E-state index contributed by atoms with van der Waals surface area (Å²) in [5.74, 6) is -2.35. The molecule has 1 aromatic heterocycles. The molecule has 0 aliphatic rings. The molecule has 0 bridgehead atoms. The molecule has 1 heterocycles. The number of H-pyrrole nitrogens is 1. The molecule has 0 unspecified atom stereocenters. The van der Waals surface area contributed by atoms with Gasteiger partial charge in [0, 0.05) is 5.69 Å². The second-order valence-corrected chi connectivity index (χ2v) is 6.22. The topological polar surface area (TPSA) is 85.5 Å². The number of aromatic nitrogens is 1. The Morgan fingerprint density at radius 2 is 1.81 bits per heavy atom. The van der Waals surface area contributed by atoms with E-state index >= 15 is 0 Å². The van der Waals surface area contributed by atoms with Crippen LogP contribution in [0.4, 0.5) is 4.39 Å². The lowest BCUT2D eigenvalue weighted by Crippen LogP contribution is -2.25. The van der Waals surface area contributed by atoms with Gasteiger partial charge in [0.15, 0.2) is 6.10 Å². The number of hydrogen-bond acceptors (Lipinski definition) is 5. The first-order valence-electron chi connectivity index (χ1n) is 8.55. The normalized spacial score (nSPS) is 11.8. The van der Waals surface area contributed by atoms with Gasteiger partial charge in [-0.1, -0.05) is 6.07 Å². The molecule has 0 fully saturated rings. The number of halogens is 1. The molecule has 144 valence electrons. The molecular weight excluding hydrogens is 353 g/mol. The third-order valence-electron chi connectivity index (χ3n) is 4.22. The van der Waals surface area contributed by atoms with Crippen LogP contribution in [0, 0.1) is 26.6 Å². The molecule has 1 aromatic carbocycles. The molecule has 1 atom stereocenters. The minimum absolute atomic E-state index is 0.0179. The predicted molar refractivity (Wildman–Crippen MR) is 96.6 cm³/mol. The van der Waals surface area contributed by atoms with E-state index in [0.717, 1.165) is 6.07 Å². The van der Waals surface area contributed by atoms with Crippen molar-refractivity contribution in [3.05, 3.63) is 57.7 Å². The zero-order valence-corrected chi connectivity index (χ0v) is 15.9. The summed E-state index contributed by atoms with van der Waals surface area (Å²) in [6.45, 7) is 8.18. The Morgan fingerprint density at radius 3 is 2.41 bits per heavy atom. The van der Waals surface area contributed by atoms with Gasteiger partial charge in [-0.25, -0.2) is 14.0 Å². The van der Waals surface area contributed by atoms with Gasteiger partial charge in [0.2, 0.25) is 5.78 Å². The SMILES string of the molecule is CCOC(=O)c1c(C)[nH]c(C(=O)[C@@H](C)OC(=O)c2ccc(C)c(F)c2)c1C. The fourth-order valence-electron chi connectivity index (χ4n) is 2.71. The van der Waals surface area contributed by atoms with E-state index in [1.165, 1.54) is 19.1 Å². The zero-order chi connectivity index (χ0) is 20.3. The summed E-state index contributed by atoms with van der Waals surface area (Å²) in [5.41, 5.74) is 1.81. The van der Waals surface area contributed by atoms with Gasteiger partial charge in [0.25, 0.3) is 0 Å². The van der Waals surface area contributed by atoms with Crippen LogP contribution in [0.2, 0.25) is 0 Å². The molecule has 0 saturated carbocycles. The average Bonchev–Trinajstić information content (AvgIpc) is 2.91. The van der Waals surface area contributed by atoms with Crippen LogP contribution in [0.3, 0.4) is 0 Å². The van der Waals surface area contributed by atoms with Crippen molar-refractivity contribution in [1.82, 2.24) is 4.98 Å². The Hall–Kier alpha value is -2.96. The number of rotatable bonds is 6. The number of nitrogens with one attached hydrogen (secondary N) is 1.